The van der Waals surface area contributed by atoms with Crippen LogP contribution in [0.25, 0.3) is 0 Å². The van der Waals surface area contributed by atoms with Crippen molar-refractivity contribution in [1.29, 1.82) is 0 Å². The van der Waals surface area contributed by atoms with Crippen LogP contribution in [0, 0.1) is 0 Å². The third kappa shape index (κ3) is 5.39. The summed E-state index contributed by atoms with van der Waals surface area (Å²) in [4.78, 5) is 0. The molecular formula is C12H24ClN3O2S. The van der Waals surface area contributed by atoms with Gasteiger partial charge in [0.1, 0.15) is 0 Å². The minimum Gasteiger partial charge on any atom is -0.313 e. The summed E-state index contributed by atoms with van der Waals surface area (Å²) in [6, 6.07) is 0. The Morgan fingerprint density at radius 1 is 1.21 bits per heavy atom. The van der Waals surface area contributed by atoms with Crippen LogP contribution in [-0.4, -0.2) is 45.4 Å². The van der Waals surface area contributed by atoms with Crippen molar-refractivity contribution in [3.63, 3.8) is 0 Å². The Labute approximate surface area is 122 Å². The summed E-state index contributed by atoms with van der Waals surface area (Å²) in [5.74, 6) is 0. The zero-order valence-electron chi connectivity index (χ0n) is 11.2. The van der Waals surface area contributed by atoms with Crippen LogP contribution in [0.2, 0.25) is 0 Å². The predicted octanol–water partition coefficient (Wildman–Crippen LogP) is 1.04. The molecule has 0 unspecified atom stereocenters. The van der Waals surface area contributed by atoms with Gasteiger partial charge in [0, 0.05) is 26.2 Å². The van der Waals surface area contributed by atoms with Crippen LogP contribution in [0.3, 0.4) is 0 Å². The molecule has 2 aliphatic rings. The van der Waals surface area contributed by atoms with Crippen molar-refractivity contribution in [3.8, 4) is 0 Å². The minimum absolute atomic E-state index is 0. The second-order valence-electron chi connectivity index (χ2n) is 4.96. The van der Waals surface area contributed by atoms with Gasteiger partial charge in [-0.25, -0.2) is 0 Å². The van der Waals surface area contributed by atoms with Gasteiger partial charge >= 0.3 is 0 Å². The van der Waals surface area contributed by atoms with Crippen molar-refractivity contribution in [2.45, 2.75) is 32.1 Å². The monoisotopic (exact) mass is 309 g/mol. The van der Waals surface area contributed by atoms with Crippen LogP contribution in [0.5, 0.6) is 0 Å². The van der Waals surface area contributed by atoms with Crippen LogP contribution < -0.4 is 10.0 Å². The smallest absolute Gasteiger partial charge is 0.279 e. The van der Waals surface area contributed by atoms with Crippen LogP contribution >= 0.6 is 12.4 Å². The van der Waals surface area contributed by atoms with Gasteiger partial charge in [0.2, 0.25) is 0 Å². The lowest BCUT2D eigenvalue weighted by molar-refractivity contribution is 0.416. The van der Waals surface area contributed by atoms with Crippen molar-refractivity contribution in [1.82, 2.24) is 14.3 Å². The first-order valence-electron chi connectivity index (χ1n) is 6.82. The van der Waals surface area contributed by atoms with Gasteiger partial charge in [-0.1, -0.05) is 24.5 Å². The zero-order valence-corrected chi connectivity index (χ0v) is 12.9. The zero-order chi connectivity index (χ0) is 12.8. The normalized spacial score (nSPS) is 22.2. The van der Waals surface area contributed by atoms with E-state index in [0.717, 1.165) is 45.2 Å². The van der Waals surface area contributed by atoms with Gasteiger partial charge in [-0.05, 0) is 25.8 Å². The number of rotatable bonds is 4. The van der Waals surface area contributed by atoms with E-state index in [1.165, 1.54) is 5.57 Å². The average molecular weight is 310 g/mol. The fourth-order valence-electron chi connectivity index (χ4n) is 2.39. The van der Waals surface area contributed by atoms with Gasteiger partial charge < -0.3 is 5.32 Å². The Balaban J connectivity index is 0.00000180. The molecule has 112 valence electrons. The summed E-state index contributed by atoms with van der Waals surface area (Å²) >= 11 is 0. The standard InChI is InChI=1S/C12H23N3O2S.ClH/c16-18(17,15-9-3-1-2-4-10-15)14-11-12-5-7-13-8-6-12;/h5,13-14H,1-4,6-11H2;1H. The van der Waals surface area contributed by atoms with E-state index in [4.69, 9.17) is 0 Å². The molecule has 0 spiro atoms. The molecule has 0 aromatic heterocycles. The lowest BCUT2D eigenvalue weighted by Crippen LogP contribution is -2.42. The van der Waals surface area contributed by atoms with E-state index in [1.54, 1.807) is 4.31 Å². The lowest BCUT2D eigenvalue weighted by atomic mass is 10.1. The SMILES string of the molecule is Cl.O=S(=O)(NCC1=CCNCC1)N1CCCCCC1. The maximum Gasteiger partial charge on any atom is 0.279 e. The number of halogens is 1. The van der Waals surface area contributed by atoms with Gasteiger partial charge in [0.05, 0.1) is 0 Å². The summed E-state index contributed by atoms with van der Waals surface area (Å²) in [5.41, 5.74) is 1.19. The van der Waals surface area contributed by atoms with E-state index < -0.39 is 10.2 Å². The second kappa shape index (κ2) is 8.21. The van der Waals surface area contributed by atoms with Crippen molar-refractivity contribution in [2.75, 3.05) is 32.7 Å². The van der Waals surface area contributed by atoms with Gasteiger partial charge in [-0.2, -0.15) is 17.4 Å². The summed E-state index contributed by atoms with van der Waals surface area (Å²) in [6.07, 6.45) is 7.25. The first-order valence-corrected chi connectivity index (χ1v) is 8.26. The molecule has 0 radical (unpaired) electrons. The molecule has 0 aromatic rings. The number of hydrogen-bond donors (Lipinski definition) is 2. The fraction of sp³-hybridized carbons (Fsp3) is 0.833. The molecule has 19 heavy (non-hydrogen) atoms. The Morgan fingerprint density at radius 3 is 2.47 bits per heavy atom. The molecule has 0 aliphatic carbocycles. The van der Waals surface area contributed by atoms with E-state index in [-0.39, 0.29) is 12.4 Å². The molecule has 1 saturated heterocycles. The highest BCUT2D eigenvalue weighted by Gasteiger charge is 2.22. The molecule has 7 heteroatoms. The highest BCUT2D eigenvalue weighted by atomic mass is 35.5. The largest absolute Gasteiger partial charge is 0.313 e. The van der Waals surface area contributed by atoms with Crippen molar-refractivity contribution < 1.29 is 8.42 Å². The number of nitrogens with one attached hydrogen (secondary N) is 2. The molecule has 2 aliphatic heterocycles. The molecule has 1 fully saturated rings. The number of nitrogens with zero attached hydrogens (tertiary/aromatic N) is 1. The van der Waals surface area contributed by atoms with Crippen molar-refractivity contribution in [3.05, 3.63) is 11.6 Å². The molecule has 2 rings (SSSR count). The quantitative estimate of drug-likeness (QED) is 0.763. The summed E-state index contributed by atoms with van der Waals surface area (Å²) in [7, 11) is -3.28. The second-order valence-corrected chi connectivity index (χ2v) is 6.71. The predicted molar refractivity (Wildman–Crippen MR) is 79.8 cm³/mol. The lowest BCUT2D eigenvalue weighted by Gasteiger charge is -2.21. The summed E-state index contributed by atoms with van der Waals surface area (Å²) in [5, 5.41) is 3.22. The Kier molecular flexibility index (Phi) is 7.31. The summed E-state index contributed by atoms with van der Waals surface area (Å²) in [6.45, 7) is 3.57. The van der Waals surface area contributed by atoms with Gasteiger partial charge in [-0.3, -0.25) is 0 Å². The Morgan fingerprint density at radius 2 is 1.89 bits per heavy atom. The van der Waals surface area contributed by atoms with E-state index in [2.05, 4.69) is 16.1 Å². The van der Waals surface area contributed by atoms with Crippen LogP contribution in [0.15, 0.2) is 11.6 Å². The molecule has 0 atom stereocenters. The third-order valence-electron chi connectivity index (χ3n) is 3.54. The Hall–Kier alpha value is -0.140. The molecule has 0 saturated carbocycles. The van der Waals surface area contributed by atoms with Gasteiger partial charge in [0.15, 0.2) is 0 Å². The molecular weight excluding hydrogens is 286 g/mol. The molecule has 5 nitrogen and oxygen atoms in total. The van der Waals surface area contributed by atoms with E-state index >= 15 is 0 Å². The molecule has 2 heterocycles. The molecule has 0 aromatic carbocycles. The minimum atomic E-state index is -3.28. The average Bonchev–Trinajstić information content (AvgIpc) is 2.67. The maximum atomic E-state index is 12.2. The first kappa shape index (κ1) is 16.9. The Bertz CT molecular complexity index is 390. The molecule has 0 amide bonds. The van der Waals surface area contributed by atoms with Crippen LogP contribution in [0.4, 0.5) is 0 Å². The van der Waals surface area contributed by atoms with Gasteiger partial charge in [0.25, 0.3) is 10.2 Å². The van der Waals surface area contributed by atoms with Crippen molar-refractivity contribution >= 4 is 22.6 Å². The van der Waals surface area contributed by atoms with E-state index in [9.17, 15) is 8.42 Å². The van der Waals surface area contributed by atoms with E-state index in [1.807, 2.05) is 0 Å². The summed E-state index contributed by atoms with van der Waals surface area (Å²) < 4.78 is 28.6. The first-order chi connectivity index (χ1) is 8.68. The van der Waals surface area contributed by atoms with Crippen molar-refractivity contribution in [2.24, 2.45) is 0 Å². The highest BCUT2D eigenvalue weighted by Crippen LogP contribution is 2.13. The fourth-order valence-corrected chi connectivity index (χ4v) is 3.68. The van der Waals surface area contributed by atoms with Crippen LogP contribution in [0.1, 0.15) is 32.1 Å². The van der Waals surface area contributed by atoms with Crippen LogP contribution in [-0.2, 0) is 10.2 Å². The third-order valence-corrected chi connectivity index (χ3v) is 5.10. The highest BCUT2D eigenvalue weighted by molar-refractivity contribution is 7.87. The topological polar surface area (TPSA) is 61.4 Å². The maximum absolute atomic E-state index is 12.2. The number of hydrogen-bond acceptors (Lipinski definition) is 3. The van der Waals surface area contributed by atoms with Gasteiger partial charge in [-0.15, -0.1) is 12.4 Å². The molecule has 2 N–H and O–H groups in total. The molecule has 0 bridgehead atoms. The van der Waals surface area contributed by atoms with E-state index in [0.29, 0.717) is 19.6 Å².